The molecule has 2 atom stereocenters. The van der Waals surface area contributed by atoms with Gasteiger partial charge >= 0.3 is 5.97 Å². The minimum Gasteiger partial charge on any atom is -1.00 e. The molecule has 2 heterocycles. The second kappa shape index (κ2) is 8.74. The van der Waals surface area contributed by atoms with Crippen LogP contribution >= 0.6 is 0 Å². The first-order valence-corrected chi connectivity index (χ1v) is 9.04. The molecule has 4 rings (SSSR count). The molecule has 0 bridgehead atoms. The lowest BCUT2D eigenvalue weighted by atomic mass is 9.66. The van der Waals surface area contributed by atoms with Crippen molar-refractivity contribution in [1.29, 1.82) is 0 Å². The van der Waals surface area contributed by atoms with Gasteiger partial charge < -0.3 is 26.8 Å². The van der Waals surface area contributed by atoms with Crippen molar-refractivity contribution in [2.24, 2.45) is 11.8 Å². The van der Waals surface area contributed by atoms with Crippen LogP contribution in [0.15, 0.2) is 59.0 Å². The van der Waals surface area contributed by atoms with E-state index < -0.39 is 5.97 Å². The van der Waals surface area contributed by atoms with Crippen molar-refractivity contribution >= 4 is 18.4 Å². The summed E-state index contributed by atoms with van der Waals surface area (Å²) in [7, 11) is 2.08. The number of halogens is 2. The number of unbranched alkanes of at least 4 members (excludes halogenated alkanes) is 2. The largest absolute Gasteiger partial charge is 1.00 e. The Kier molecular flexibility index (Phi) is 6.87. The van der Waals surface area contributed by atoms with E-state index in [1.54, 1.807) is 0 Å². The van der Waals surface area contributed by atoms with Crippen molar-refractivity contribution in [3.8, 4) is 0 Å². The lowest BCUT2D eigenvalue weighted by molar-refractivity contribution is -0.455. The smallest absolute Gasteiger partial charge is 0.303 e. The van der Waals surface area contributed by atoms with Crippen molar-refractivity contribution in [3.63, 3.8) is 0 Å². The third-order valence-corrected chi connectivity index (χ3v) is 5.35. The summed E-state index contributed by atoms with van der Waals surface area (Å²) >= 11 is 0. The van der Waals surface area contributed by atoms with E-state index in [2.05, 4.69) is 65.3 Å². The van der Waals surface area contributed by atoms with Gasteiger partial charge in [-0.2, -0.15) is 0 Å². The molecule has 144 valence electrons. The third-order valence-electron chi connectivity index (χ3n) is 5.35. The molecule has 2 aliphatic carbocycles. The Balaban J connectivity index is 0.00000131. The average molecular weight is 435 g/mol. The molecular formula is C21H24BrFN2O2. The van der Waals surface area contributed by atoms with Gasteiger partial charge in [0.2, 0.25) is 0 Å². The van der Waals surface area contributed by atoms with Gasteiger partial charge in [-0.05, 0) is 12.8 Å². The van der Waals surface area contributed by atoms with Crippen LogP contribution in [0.5, 0.6) is 0 Å². The van der Waals surface area contributed by atoms with Gasteiger partial charge in [-0.25, -0.2) is 9.15 Å². The van der Waals surface area contributed by atoms with Gasteiger partial charge in [0.1, 0.15) is 13.6 Å². The first kappa shape index (κ1) is 21.2. The van der Waals surface area contributed by atoms with E-state index in [1.807, 2.05) is 0 Å². The molecule has 6 heteroatoms. The van der Waals surface area contributed by atoms with E-state index in [4.69, 9.17) is 5.11 Å². The molecule has 2 unspecified atom stereocenters. The maximum absolute atomic E-state index is 10.6. The molecule has 0 radical (unpaired) electrons. The fraction of sp³-hybridized carbons (Fsp3) is 0.381. The Labute approximate surface area is 169 Å². The quantitative estimate of drug-likeness (QED) is 0.355. The molecule has 1 N–H and O–H groups in total. The number of aliphatic carboxylic acids is 1. The van der Waals surface area contributed by atoms with Gasteiger partial charge in [-0.15, -0.1) is 0 Å². The second-order valence-corrected chi connectivity index (χ2v) is 7.25. The summed E-state index contributed by atoms with van der Waals surface area (Å²) < 4.78 is 4.42. The summed E-state index contributed by atoms with van der Waals surface area (Å²) in [4.78, 5) is 10.6. The highest BCUT2D eigenvalue weighted by molar-refractivity contribution is 5.86. The van der Waals surface area contributed by atoms with Crippen LogP contribution in [-0.2, 0) is 4.79 Å². The number of rotatable bonds is 6. The van der Waals surface area contributed by atoms with E-state index in [1.165, 1.54) is 22.3 Å². The lowest BCUT2D eigenvalue weighted by Gasteiger charge is -2.36. The first-order valence-electron chi connectivity index (χ1n) is 9.04. The average Bonchev–Trinajstić information content (AvgIpc) is 2.58. The molecule has 0 aromatic heterocycles. The minimum atomic E-state index is -0.699. The van der Waals surface area contributed by atoms with E-state index >= 15 is 0 Å². The van der Waals surface area contributed by atoms with E-state index in [0.717, 1.165) is 25.8 Å². The Morgan fingerprint density at radius 3 is 2.26 bits per heavy atom. The van der Waals surface area contributed by atoms with Crippen molar-refractivity contribution in [2.75, 3.05) is 13.6 Å². The number of hydrogen-bond acceptors (Lipinski definition) is 1. The van der Waals surface area contributed by atoms with Gasteiger partial charge in [0, 0.05) is 47.0 Å². The highest BCUT2D eigenvalue weighted by Crippen LogP contribution is 2.45. The first-order chi connectivity index (χ1) is 12.1. The predicted molar refractivity (Wildman–Crippen MR) is 98.0 cm³/mol. The van der Waals surface area contributed by atoms with Gasteiger partial charge in [0.05, 0.1) is 0 Å². The van der Waals surface area contributed by atoms with E-state index in [-0.39, 0.29) is 28.1 Å². The number of allylic oxidation sites excluding steroid dienone is 8. The zero-order valence-corrected chi connectivity index (χ0v) is 16.9. The zero-order valence-electron chi connectivity index (χ0n) is 15.3. The molecule has 0 amide bonds. The van der Waals surface area contributed by atoms with Crippen LogP contribution < -0.4 is 21.7 Å². The molecule has 0 saturated heterocycles. The summed E-state index contributed by atoms with van der Waals surface area (Å²) in [6, 6.07) is 0. The van der Waals surface area contributed by atoms with Gasteiger partial charge in [0.25, 0.3) is 0 Å². The number of carboxylic acid groups (broad SMARTS) is 1. The molecule has 4 aliphatic rings. The van der Waals surface area contributed by atoms with E-state index in [9.17, 15) is 4.79 Å². The Morgan fingerprint density at radius 1 is 0.963 bits per heavy atom. The molecule has 2 aliphatic heterocycles. The molecule has 0 fully saturated rings. The molecule has 4 nitrogen and oxygen atoms in total. The number of carboxylic acids is 1. The zero-order chi connectivity index (χ0) is 17.4. The molecule has 27 heavy (non-hydrogen) atoms. The van der Waals surface area contributed by atoms with Gasteiger partial charge in [0.15, 0.2) is 24.8 Å². The van der Waals surface area contributed by atoms with E-state index in [0.29, 0.717) is 11.8 Å². The summed E-state index contributed by atoms with van der Waals surface area (Å²) in [6.45, 7) is 0.944. The fourth-order valence-corrected chi connectivity index (χ4v) is 4.25. The second-order valence-electron chi connectivity index (χ2n) is 7.25. The maximum atomic E-state index is 10.6. The van der Waals surface area contributed by atoms with Crippen LogP contribution in [0.25, 0.3) is 0 Å². The van der Waals surface area contributed by atoms with Crippen LogP contribution in [0.3, 0.4) is 0 Å². The monoisotopic (exact) mass is 434 g/mol. The predicted octanol–water partition coefficient (Wildman–Crippen LogP) is -3.10. The normalized spacial score (nSPS) is 23.9. The third kappa shape index (κ3) is 4.26. The minimum absolute atomic E-state index is 0. The lowest BCUT2D eigenvalue weighted by Crippen LogP contribution is -3.00. The molecule has 0 saturated carbocycles. The van der Waals surface area contributed by atoms with Crippen molar-refractivity contribution in [1.82, 2.24) is 0 Å². The Bertz CT molecular complexity index is 846. The van der Waals surface area contributed by atoms with Crippen LogP contribution in [0, 0.1) is 11.8 Å². The van der Waals surface area contributed by atoms with Crippen LogP contribution in [0.2, 0.25) is 0 Å². The number of hydrogen-bond donors (Lipinski definition) is 1. The van der Waals surface area contributed by atoms with Crippen molar-refractivity contribution in [2.45, 2.75) is 25.7 Å². The molecule has 0 spiro atoms. The standard InChI is InChI=1S/C21H23N2O2.BrH.FH/c1-22-11-15-6-8-17-13-23(10-4-2-3-5-19(24)25)14-18-9-7-16(12-22)20(15)21(17)18;;/h6-9,11-14,20-21H,2-5,10H2,1H3;2*1H/q+1;;/p-1. The summed E-state index contributed by atoms with van der Waals surface area (Å²) in [6.07, 6.45) is 21.0. The fourth-order valence-electron chi connectivity index (χ4n) is 4.25. The van der Waals surface area contributed by atoms with Crippen LogP contribution in [0.4, 0.5) is 0 Å². The topological polar surface area (TPSA) is 43.3 Å². The Hall–Kier alpha value is -2.08. The number of carbonyl (C=O) groups is 1. The molecule has 0 aromatic carbocycles. The highest BCUT2D eigenvalue weighted by Gasteiger charge is 2.42. The summed E-state index contributed by atoms with van der Waals surface area (Å²) in [5.74, 6) is 0.182. The molecular weight excluding hydrogens is 411 g/mol. The summed E-state index contributed by atoms with van der Waals surface area (Å²) in [5.41, 5.74) is 5.54. The number of nitrogens with zero attached hydrogens (tertiary/aromatic N) is 2. The molecule has 0 aromatic rings. The SMILES string of the molecule is C[N+]1=CC2=CC=C3C=[N+](CCCCCC(=O)O)C=C4C=CC(=C1)C2C34.[Br-].[F-]. The highest BCUT2D eigenvalue weighted by atomic mass is 79.9. The van der Waals surface area contributed by atoms with Crippen LogP contribution in [-0.4, -0.2) is 46.2 Å². The van der Waals surface area contributed by atoms with Crippen molar-refractivity contribution < 1.29 is 40.7 Å². The van der Waals surface area contributed by atoms with Crippen LogP contribution in [0.1, 0.15) is 25.7 Å². The van der Waals surface area contributed by atoms with Crippen molar-refractivity contribution in [3.05, 3.63) is 59.0 Å². The van der Waals surface area contributed by atoms with Gasteiger partial charge in [-0.3, -0.25) is 4.79 Å². The van der Waals surface area contributed by atoms with Gasteiger partial charge in [-0.1, -0.05) is 24.3 Å². The Morgan fingerprint density at radius 2 is 1.59 bits per heavy atom. The maximum Gasteiger partial charge on any atom is 0.303 e. The summed E-state index contributed by atoms with van der Waals surface area (Å²) in [5, 5.41) is 8.72.